The molecule has 1 rings (SSSR count). The van der Waals surface area contributed by atoms with Crippen molar-refractivity contribution >= 4 is 12.0 Å². The fourth-order valence-electron chi connectivity index (χ4n) is 1.78. The number of rotatable bonds is 5. The molecule has 0 radical (unpaired) electrons. The highest BCUT2D eigenvalue weighted by molar-refractivity contribution is 5.75. The number of hydrogen-bond donors (Lipinski definition) is 3. The van der Waals surface area contributed by atoms with E-state index in [2.05, 4.69) is 10.6 Å². The molecular formula is C11H20N2O4. The molecule has 17 heavy (non-hydrogen) atoms. The minimum atomic E-state index is -0.915. The van der Waals surface area contributed by atoms with Gasteiger partial charge in [0, 0.05) is 25.8 Å². The lowest BCUT2D eigenvalue weighted by Gasteiger charge is -2.22. The predicted molar refractivity (Wildman–Crippen MR) is 61.8 cm³/mol. The molecule has 1 unspecified atom stereocenters. The Hall–Kier alpha value is -1.30. The lowest BCUT2D eigenvalue weighted by Crippen LogP contribution is -2.43. The number of nitrogens with one attached hydrogen (secondary N) is 2. The van der Waals surface area contributed by atoms with Crippen LogP contribution in [0.4, 0.5) is 4.79 Å². The fourth-order valence-corrected chi connectivity index (χ4v) is 1.78. The van der Waals surface area contributed by atoms with Crippen molar-refractivity contribution in [3.63, 3.8) is 0 Å². The Morgan fingerprint density at radius 2 is 2.06 bits per heavy atom. The van der Waals surface area contributed by atoms with E-state index < -0.39 is 5.97 Å². The molecule has 0 bridgehead atoms. The van der Waals surface area contributed by atoms with E-state index in [1.54, 1.807) is 6.92 Å². The summed E-state index contributed by atoms with van der Waals surface area (Å²) in [6, 6.07) is -0.660. The molecule has 1 aliphatic heterocycles. The quantitative estimate of drug-likeness (QED) is 0.660. The maximum Gasteiger partial charge on any atom is 0.315 e. The average Bonchev–Trinajstić information content (AvgIpc) is 2.26. The summed E-state index contributed by atoms with van der Waals surface area (Å²) in [5.41, 5.74) is 0. The van der Waals surface area contributed by atoms with Gasteiger partial charge in [0.2, 0.25) is 0 Å². The smallest absolute Gasteiger partial charge is 0.315 e. The number of carboxylic acids is 1. The molecule has 0 aromatic rings. The standard InChI is InChI=1S/C11H20N2O4/c1-8(6-10(14)15)13-11(16)12-7-9-2-4-17-5-3-9/h8-9H,2-7H2,1H3,(H,14,15)(H2,12,13,16). The molecule has 1 fully saturated rings. The minimum Gasteiger partial charge on any atom is -0.481 e. The van der Waals surface area contributed by atoms with E-state index in [-0.39, 0.29) is 18.5 Å². The summed E-state index contributed by atoms with van der Waals surface area (Å²) in [5, 5.41) is 13.9. The van der Waals surface area contributed by atoms with Crippen molar-refractivity contribution in [1.29, 1.82) is 0 Å². The molecule has 0 saturated carbocycles. The molecule has 98 valence electrons. The van der Waals surface area contributed by atoms with Crippen molar-refractivity contribution in [2.45, 2.75) is 32.2 Å². The van der Waals surface area contributed by atoms with Crippen LogP contribution in [0.15, 0.2) is 0 Å². The second kappa shape index (κ2) is 7.11. The first-order chi connectivity index (χ1) is 8.08. The highest BCUT2D eigenvalue weighted by atomic mass is 16.5. The van der Waals surface area contributed by atoms with Gasteiger partial charge >= 0.3 is 12.0 Å². The van der Waals surface area contributed by atoms with Crippen LogP contribution in [-0.2, 0) is 9.53 Å². The number of carboxylic acid groups (broad SMARTS) is 1. The van der Waals surface area contributed by atoms with Gasteiger partial charge in [0.1, 0.15) is 0 Å². The zero-order valence-electron chi connectivity index (χ0n) is 10.1. The molecule has 2 amide bonds. The van der Waals surface area contributed by atoms with Crippen LogP contribution in [0.1, 0.15) is 26.2 Å². The molecule has 0 spiro atoms. The van der Waals surface area contributed by atoms with Crippen molar-refractivity contribution in [3.8, 4) is 0 Å². The third-order valence-electron chi connectivity index (χ3n) is 2.75. The molecule has 3 N–H and O–H groups in total. The van der Waals surface area contributed by atoms with Gasteiger partial charge in [0.25, 0.3) is 0 Å². The third-order valence-corrected chi connectivity index (χ3v) is 2.75. The molecule has 0 aromatic carbocycles. The molecule has 1 atom stereocenters. The molecule has 0 aromatic heterocycles. The summed E-state index contributed by atoms with van der Waals surface area (Å²) < 4.78 is 5.22. The summed E-state index contributed by atoms with van der Waals surface area (Å²) in [6.07, 6.45) is 1.86. The van der Waals surface area contributed by atoms with E-state index in [0.29, 0.717) is 12.5 Å². The van der Waals surface area contributed by atoms with E-state index in [4.69, 9.17) is 9.84 Å². The van der Waals surface area contributed by atoms with Crippen molar-refractivity contribution in [2.75, 3.05) is 19.8 Å². The Morgan fingerprint density at radius 3 is 2.65 bits per heavy atom. The second-order valence-corrected chi connectivity index (χ2v) is 4.41. The number of hydrogen-bond acceptors (Lipinski definition) is 3. The van der Waals surface area contributed by atoms with E-state index in [0.717, 1.165) is 26.1 Å². The third kappa shape index (κ3) is 6.11. The average molecular weight is 244 g/mol. The summed E-state index contributed by atoms with van der Waals surface area (Å²) in [4.78, 5) is 21.8. The number of ether oxygens (including phenoxy) is 1. The molecule has 1 aliphatic rings. The van der Waals surface area contributed by atoms with Gasteiger partial charge in [-0.2, -0.15) is 0 Å². The Balaban J connectivity index is 2.13. The van der Waals surface area contributed by atoms with Crippen molar-refractivity contribution in [1.82, 2.24) is 10.6 Å². The van der Waals surface area contributed by atoms with Crippen LogP contribution in [-0.4, -0.2) is 42.9 Å². The van der Waals surface area contributed by atoms with E-state index >= 15 is 0 Å². The molecule has 1 saturated heterocycles. The van der Waals surface area contributed by atoms with Crippen LogP contribution in [0.5, 0.6) is 0 Å². The Morgan fingerprint density at radius 1 is 1.41 bits per heavy atom. The van der Waals surface area contributed by atoms with Gasteiger partial charge in [-0.1, -0.05) is 0 Å². The molecule has 6 heteroatoms. The van der Waals surface area contributed by atoms with Gasteiger partial charge in [0.05, 0.1) is 6.42 Å². The van der Waals surface area contributed by atoms with Gasteiger partial charge < -0.3 is 20.5 Å². The molecule has 6 nitrogen and oxygen atoms in total. The van der Waals surface area contributed by atoms with Gasteiger partial charge in [0.15, 0.2) is 0 Å². The normalized spacial score (nSPS) is 18.4. The zero-order chi connectivity index (χ0) is 12.7. The van der Waals surface area contributed by atoms with Crippen LogP contribution in [0, 0.1) is 5.92 Å². The van der Waals surface area contributed by atoms with Crippen molar-refractivity contribution in [3.05, 3.63) is 0 Å². The Labute approximate surface area is 101 Å². The Kier molecular flexibility index (Phi) is 5.76. The lowest BCUT2D eigenvalue weighted by atomic mass is 10.0. The molecule has 1 heterocycles. The maximum absolute atomic E-state index is 11.4. The van der Waals surface area contributed by atoms with Gasteiger partial charge in [-0.3, -0.25) is 4.79 Å². The van der Waals surface area contributed by atoms with Crippen LogP contribution >= 0.6 is 0 Å². The van der Waals surface area contributed by atoms with Crippen LogP contribution in [0.25, 0.3) is 0 Å². The number of urea groups is 1. The lowest BCUT2D eigenvalue weighted by molar-refractivity contribution is -0.137. The van der Waals surface area contributed by atoms with Gasteiger partial charge in [-0.15, -0.1) is 0 Å². The van der Waals surface area contributed by atoms with Crippen molar-refractivity contribution < 1.29 is 19.4 Å². The first kappa shape index (κ1) is 13.8. The first-order valence-corrected chi connectivity index (χ1v) is 5.92. The molecular weight excluding hydrogens is 224 g/mol. The largest absolute Gasteiger partial charge is 0.481 e. The van der Waals surface area contributed by atoms with Gasteiger partial charge in [-0.25, -0.2) is 4.79 Å². The summed E-state index contributed by atoms with van der Waals surface area (Å²) >= 11 is 0. The highest BCUT2D eigenvalue weighted by Gasteiger charge is 2.15. The van der Waals surface area contributed by atoms with E-state index in [9.17, 15) is 9.59 Å². The summed E-state index contributed by atoms with van der Waals surface area (Å²) in [6.45, 7) is 3.80. The summed E-state index contributed by atoms with van der Waals surface area (Å²) in [5.74, 6) is -0.452. The highest BCUT2D eigenvalue weighted by Crippen LogP contribution is 2.12. The topological polar surface area (TPSA) is 87.7 Å². The molecule has 0 aliphatic carbocycles. The van der Waals surface area contributed by atoms with Crippen molar-refractivity contribution in [2.24, 2.45) is 5.92 Å². The van der Waals surface area contributed by atoms with Crippen LogP contribution in [0.3, 0.4) is 0 Å². The fraction of sp³-hybridized carbons (Fsp3) is 0.818. The zero-order valence-corrected chi connectivity index (χ0v) is 10.1. The maximum atomic E-state index is 11.4. The first-order valence-electron chi connectivity index (χ1n) is 5.92. The van der Waals surface area contributed by atoms with E-state index in [1.165, 1.54) is 0 Å². The van der Waals surface area contributed by atoms with Gasteiger partial charge in [-0.05, 0) is 25.7 Å². The van der Waals surface area contributed by atoms with E-state index in [1.807, 2.05) is 0 Å². The predicted octanol–water partition coefficient (Wildman–Crippen LogP) is 0.575. The number of carbonyl (C=O) groups is 2. The number of aliphatic carboxylic acids is 1. The minimum absolute atomic E-state index is 0.0648. The van der Waals surface area contributed by atoms with Crippen LogP contribution in [0.2, 0.25) is 0 Å². The number of carbonyl (C=O) groups excluding carboxylic acids is 1. The summed E-state index contributed by atoms with van der Waals surface area (Å²) in [7, 11) is 0. The Bertz CT molecular complexity index is 264. The van der Waals surface area contributed by atoms with Crippen LogP contribution < -0.4 is 10.6 Å². The number of amides is 2. The second-order valence-electron chi connectivity index (χ2n) is 4.41. The SMILES string of the molecule is CC(CC(=O)O)NC(=O)NCC1CCOCC1. The monoisotopic (exact) mass is 244 g/mol.